The first-order chi connectivity index (χ1) is 10.2. The highest BCUT2D eigenvalue weighted by atomic mass is 16.2. The van der Waals surface area contributed by atoms with Crippen molar-refractivity contribution in [2.24, 2.45) is 0 Å². The monoisotopic (exact) mass is 286 g/mol. The average molecular weight is 286 g/mol. The molecule has 2 amide bonds. The molecular formula is C16H18N2O3. The Morgan fingerprint density at radius 1 is 1.38 bits per heavy atom. The smallest absolute Gasteiger partial charge is 0.243 e. The van der Waals surface area contributed by atoms with Crippen LogP contribution in [0.3, 0.4) is 0 Å². The number of amides is 2. The highest BCUT2D eigenvalue weighted by Crippen LogP contribution is 2.16. The van der Waals surface area contributed by atoms with Crippen LogP contribution in [0.2, 0.25) is 0 Å². The van der Waals surface area contributed by atoms with Gasteiger partial charge in [-0.15, -0.1) is 0 Å². The predicted molar refractivity (Wildman–Crippen MR) is 78.0 cm³/mol. The highest BCUT2D eigenvalue weighted by Gasteiger charge is 2.32. The van der Waals surface area contributed by atoms with Crippen molar-refractivity contribution < 1.29 is 14.7 Å². The first kappa shape index (κ1) is 15.2. The van der Waals surface area contributed by atoms with Gasteiger partial charge in [-0.3, -0.25) is 19.8 Å². The van der Waals surface area contributed by atoms with E-state index in [1.165, 1.54) is 0 Å². The van der Waals surface area contributed by atoms with Crippen LogP contribution in [-0.2, 0) is 16.1 Å². The van der Waals surface area contributed by atoms with E-state index in [1.54, 1.807) is 0 Å². The summed E-state index contributed by atoms with van der Waals surface area (Å²) < 4.78 is 0. The van der Waals surface area contributed by atoms with Gasteiger partial charge in [0.15, 0.2) is 0 Å². The normalized spacial score (nSPS) is 18.9. The number of nitrogens with one attached hydrogen (secondary N) is 1. The maximum absolute atomic E-state index is 11.9. The lowest BCUT2D eigenvalue weighted by Crippen LogP contribution is -2.57. The van der Waals surface area contributed by atoms with E-state index in [9.17, 15) is 9.59 Å². The molecule has 1 saturated heterocycles. The Bertz CT molecular complexity index is 601. The Labute approximate surface area is 124 Å². The summed E-state index contributed by atoms with van der Waals surface area (Å²) in [5.41, 5.74) is 1.75. The second-order valence-electron chi connectivity index (χ2n) is 4.86. The van der Waals surface area contributed by atoms with Crippen LogP contribution >= 0.6 is 0 Å². The molecule has 1 aromatic carbocycles. The van der Waals surface area contributed by atoms with Crippen molar-refractivity contribution in [1.82, 2.24) is 10.2 Å². The van der Waals surface area contributed by atoms with Gasteiger partial charge in [-0.2, -0.15) is 0 Å². The third kappa shape index (κ3) is 3.69. The van der Waals surface area contributed by atoms with Crippen LogP contribution in [0.25, 0.3) is 0 Å². The van der Waals surface area contributed by atoms with Gasteiger partial charge in [-0.25, -0.2) is 0 Å². The standard InChI is InChI=1S/C16H18N2O3/c1-2-14-16(21)17-15(20)11-18(14)10-13-7-4-3-6-12(13)8-5-9-19/h3-4,6-7,14,19H,2,9-11H2,1H3,(H,17,20,21). The van der Waals surface area contributed by atoms with Gasteiger partial charge in [0.25, 0.3) is 0 Å². The van der Waals surface area contributed by atoms with E-state index in [2.05, 4.69) is 17.2 Å². The molecule has 0 spiro atoms. The molecule has 110 valence electrons. The molecule has 1 aliphatic heterocycles. The lowest BCUT2D eigenvalue weighted by Gasteiger charge is -2.33. The number of benzene rings is 1. The average Bonchev–Trinajstić information content (AvgIpc) is 2.46. The summed E-state index contributed by atoms with van der Waals surface area (Å²) in [7, 11) is 0. The molecule has 2 N–H and O–H groups in total. The maximum atomic E-state index is 11.9. The van der Waals surface area contributed by atoms with Gasteiger partial charge in [-0.05, 0) is 18.1 Å². The molecule has 1 atom stereocenters. The molecule has 1 aliphatic rings. The minimum Gasteiger partial charge on any atom is -0.384 e. The first-order valence-corrected chi connectivity index (χ1v) is 6.91. The second kappa shape index (κ2) is 7.02. The fourth-order valence-electron chi connectivity index (χ4n) is 2.46. The van der Waals surface area contributed by atoms with Crippen molar-refractivity contribution in [3.05, 3.63) is 35.4 Å². The highest BCUT2D eigenvalue weighted by molar-refractivity contribution is 6.01. The third-order valence-corrected chi connectivity index (χ3v) is 3.43. The lowest BCUT2D eigenvalue weighted by atomic mass is 10.0. The predicted octanol–water partition coefficient (Wildman–Crippen LogP) is 0.267. The van der Waals surface area contributed by atoms with E-state index >= 15 is 0 Å². The van der Waals surface area contributed by atoms with Crippen LogP contribution in [0.4, 0.5) is 0 Å². The van der Waals surface area contributed by atoms with E-state index in [0.717, 1.165) is 11.1 Å². The molecular weight excluding hydrogens is 268 g/mol. The zero-order valence-corrected chi connectivity index (χ0v) is 11.9. The van der Waals surface area contributed by atoms with Crippen molar-refractivity contribution in [2.75, 3.05) is 13.2 Å². The van der Waals surface area contributed by atoms with Gasteiger partial charge in [0, 0.05) is 12.1 Å². The molecule has 0 bridgehead atoms. The number of nitrogens with zero attached hydrogens (tertiary/aromatic N) is 1. The summed E-state index contributed by atoms with van der Waals surface area (Å²) in [6.07, 6.45) is 0.642. The molecule has 5 heteroatoms. The van der Waals surface area contributed by atoms with Crippen molar-refractivity contribution in [3.63, 3.8) is 0 Å². The van der Waals surface area contributed by atoms with Crippen molar-refractivity contribution in [3.8, 4) is 11.8 Å². The summed E-state index contributed by atoms with van der Waals surface area (Å²) >= 11 is 0. The summed E-state index contributed by atoms with van der Waals surface area (Å²) in [5.74, 6) is 5.00. The van der Waals surface area contributed by atoms with Crippen molar-refractivity contribution >= 4 is 11.8 Å². The number of rotatable bonds is 3. The molecule has 5 nitrogen and oxygen atoms in total. The van der Waals surface area contributed by atoms with Gasteiger partial charge in [0.1, 0.15) is 6.61 Å². The number of hydrogen-bond acceptors (Lipinski definition) is 4. The number of imide groups is 1. The van der Waals surface area contributed by atoms with E-state index in [-0.39, 0.29) is 31.0 Å². The zero-order chi connectivity index (χ0) is 15.2. The van der Waals surface area contributed by atoms with Crippen molar-refractivity contribution in [1.29, 1.82) is 0 Å². The lowest BCUT2D eigenvalue weighted by molar-refractivity contribution is -0.140. The third-order valence-electron chi connectivity index (χ3n) is 3.43. The topological polar surface area (TPSA) is 69.6 Å². The molecule has 1 heterocycles. The number of hydrogen-bond donors (Lipinski definition) is 2. The SMILES string of the molecule is CCC1C(=O)NC(=O)CN1Cc1ccccc1C#CCO. The van der Waals surface area contributed by atoms with E-state index in [4.69, 9.17) is 5.11 Å². The largest absolute Gasteiger partial charge is 0.384 e. The quantitative estimate of drug-likeness (QED) is 0.618. The van der Waals surface area contributed by atoms with Crippen molar-refractivity contribution in [2.45, 2.75) is 25.9 Å². The summed E-state index contributed by atoms with van der Waals surface area (Å²) in [6, 6.07) is 7.25. The van der Waals surface area contributed by atoms with E-state index in [1.807, 2.05) is 36.1 Å². The zero-order valence-electron chi connectivity index (χ0n) is 11.9. The fourth-order valence-corrected chi connectivity index (χ4v) is 2.46. The Morgan fingerprint density at radius 3 is 2.86 bits per heavy atom. The second-order valence-corrected chi connectivity index (χ2v) is 4.86. The van der Waals surface area contributed by atoms with Crippen LogP contribution in [0.5, 0.6) is 0 Å². The number of carbonyl (C=O) groups is 2. The number of aliphatic hydroxyl groups excluding tert-OH is 1. The maximum Gasteiger partial charge on any atom is 0.243 e. The summed E-state index contributed by atoms with van der Waals surface area (Å²) in [5, 5.41) is 11.2. The molecule has 21 heavy (non-hydrogen) atoms. The van der Waals surface area contributed by atoms with Crippen LogP contribution in [-0.4, -0.2) is 41.0 Å². The summed E-state index contributed by atoms with van der Waals surface area (Å²) in [4.78, 5) is 25.3. The van der Waals surface area contributed by atoms with Gasteiger partial charge in [0.05, 0.1) is 12.6 Å². The Kier molecular flexibility index (Phi) is 5.09. The molecule has 0 saturated carbocycles. The van der Waals surface area contributed by atoms with Crippen LogP contribution in [0.15, 0.2) is 24.3 Å². The fraction of sp³-hybridized carbons (Fsp3) is 0.375. The molecule has 0 radical (unpaired) electrons. The Balaban J connectivity index is 2.23. The van der Waals surface area contributed by atoms with Gasteiger partial charge in [-0.1, -0.05) is 37.0 Å². The summed E-state index contributed by atoms with van der Waals surface area (Å²) in [6.45, 7) is 2.40. The number of piperazine rings is 1. The molecule has 1 aromatic rings. The van der Waals surface area contributed by atoms with Crippen LogP contribution in [0, 0.1) is 11.8 Å². The van der Waals surface area contributed by atoms with Gasteiger partial charge < -0.3 is 5.11 Å². The molecule has 1 unspecified atom stereocenters. The van der Waals surface area contributed by atoms with E-state index in [0.29, 0.717) is 13.0 Å². The minimum atomic E-state index is -0.304. The Morgan fingerprint density at radius 2 is 2.14 bits per heavy atom. The minimum absolute atomic E-state index is 0.198. The first-order valence-electron chi connectivity index (χ1n) is 6.91. The van der Waals surface area contributed by atoms with E-state index < -0.39 is 0 Å². The number of carbonyl (C=O) groups excluding carboxylic acids is 2. The van der Waals surface area contributed by atoms with Gasteiger partial charge >= 0.3 is 0 Å². The molecule has 0 aromatic heterocycles. The Hall–Kier alpha value is -2.16. The molecule has 2 rings (SSSR count). The van der Waals surface area contributed by atoms with Crippen LogP contribution in [0.1, 0.15) is 24.5 Å². The number of aliphatic hydroxyl groups is 1. The van der Waals surface area contributed by atoms with Crippen LogP contribution < -0.4 is 5.32 Å². The molecule has 0 aliphatic carbocycles. The molecule has 1 fully saturated rings. The van der Waals surface area contributed by atoms with Gasteiger partial charge in [0.2, 0.25) is 11.8 Å².